The number of oxime groups is 1. The summed E-state index contributed by atoms with van der Waals surface area (Å²) in [5.41, 5.74) is 1.81. The van der Waals surface area contributed by atoms with Gasteiger partial charge in [-0.1, -0.05) is 29.4 Å². The van der Waals surface area contributed by atoms with Gasteiger partial charge in [0.1, 0.15) is 5.82 Å². The third-order valence-electron chi connectivity index (χ3n) is 5.06. The highest BCUT2D eigenvalue weighted by Crippen LogP contribution is 2.21. The van der Waals surface area contributed by atoms with Crippen LogP contribution in [-0.4, -0.2) is 42.9 Å². The Morgan fingerprint density at radius 1 is 1.17 bits per heavy atom. The Balaban J connectivity index is 1.37. The van der Waals surface area contributed by atoms with Gasteiger partial charge < -0.3 is 20.2 Å². The molecule has 2 aromatic rings. The van der Waals surface area contributed by atoms with Gasteiger partial charge in [0, 0.05) is 25.1 Å². The molecule has 0 spiro atoms. The van der Waals surface area contributed by atoms with Gasteiger partial charge >= 0.3 is 0 Å². The Morgan fingerprint density at radius 3 is 2.83 bits per heavy atom. The van der Waals surface area contributed by atoms with Crippen molar-refractivity contribution < 1.29 is 23.6 Å². The maximum atomic E-state index is 13.4. The minimum Gasteiger partial charge on any atom is -0.382 e. The Bertz CT molecular complexity index is 972. The standard InChI is InChI=1S/C22H22FN3O4/c23-15-6-3-5-14(11-15)19-12-20(30-26-19)22(28)25-18-9-2-1-8-17(18)21(27)24-13-16-7-4-10-29-16/h1-3,5-6,8-9,11,16,20H,4,7,10,12-13H2,(H,24,27)(H,25,28). The summed E-state index contributed by atoms with van der Waals surface area (Å²) >= 11 is 0. The van der Waals surface area contributed by atoms with E-state index in [9.17, 15) is 14.0 Å². The molecular formula is C22H22FN3O4. The van der Waals surface area contributed by atoms with E-state index in [1.807, 2.05) is 0 Å². The predicted molar refractivity (Wildman–Crippen MR) is 109 cm³/mol. The van der Waals surface area contributed by atoms with Gasteiger partial charge in [-0.3, -0.25) is 9.59 Å². The van der Waals surface area contributed by atoms with E-state index < -0.39 is 12.0 Å². The highest BCUT2D eigenvalue weighted by Gasteiger charge is 2.30. The average Bonchev–Trinajstić information content (AvgIpc) is 3.45. The molecule has 4 rings (SSSR count). The van der Waals surface area contributed by atoms with Crippen LogP contribution in [0.3, 0.4) is 0 Å². The minimum absolute atomic E-state index is 0.0287. The van der Waals surface area contributed by atoms with Crippen LogP contribution in [0.1, 0.15) is 35.2 Å². The Kier molecular flexibility index (Phi) is 6.04. The number of amides is 2. The second kappa shape index (κ2) is 9.04. The van der Waals surface area contributed by atoms with E-state index in [-0.39, 0.29) is 24.2 Å². The summed E-state index contributed by atoms with van der Waals surface area (Å²) in [6.45, 7) is 1.14. The molecule has 2 heterocycles. The smallest absolute Gasteiger partial charge is 0.268 e. The molecule has 0 saturated carbocycles. The van der Waals surface area contributed by atoms with E-state index in [2.05, 4.69) is 15.8 Å². The molecule has 8 heteroatoms. The zero-order chi connectivity index (χ0) is 20.9. The van der Waals surface area contributed by atoms with Crippen LogP contribution < -0.4 is 10.6 Å². The van der Waals surface area contributed by atoms with E-state index in [4.69, 9.17) is 9.57 Å². The van der Waals surface area contributed by atoms with Crippen molar-refractivity contribution in [2.45, 2.75) is 31.5 Å². The number of carbonyl (C=O) groups is 2. The molecule has 2 unspecified atom stereocenters. The van der Waals surface area contributed by atoms with Gasteiger partial charge in [0.25, 0.3) is 11.8 Å². The zero-order valence-corrected chi connectivity index (χ0v) is 16.3. The van der Waals surface area contributed by atoms with Gasteiger partial charge in [0.05, 0.1) is 23.1 Å². The largest absolute Gasteiger partial charge is 0.382 e. The third kappa shape index (κ3) is 4.65. The summed E-state index contributed by atoms with van der Waals surface area (Å²) in [7, 11) is 0. The number of para-hydroxylation sites is 1. The van der Waals surface area contributed by atoms with Gasteiger partial charge in [0.15, 0.2) is 0 Å². The van der Waals surface area contributed by atoms with Crippen LogP contribution in [0.5, 0.6) is 0 Å². The third-order valence-corrected chi connectivity index (χ3v) is 5.06. The quantitative estimate of drug-likeness (QED) is 0.765. The van der Waals surface area contributed by atoms with E-state index >= 15 is 0 Å². The SMILES string of the molecule is O=C(NCC1CCCO1)c1ccccc1NC(=O)C1CC(c2cccc(F)c2)=NO1. The number of anilines is 1. The first kappa shape index (κ1) is 20.0. The molecule has 2 aliphatic rings. The molecule has 2 N–H and O–H groups in total. The molecule has 156 valence electrons. The molecule has 1 saturated heterocycles. The molecule has 0 aliphatic carbocycles. The second-order valence-corrected chi connectivity index (χ2v) is 7.23. The van der Waals surface area contributed by atoms with Crippen molar-refractivity contribution in [1.29, 1.82) is 0 Å². The maximum Gasteiger partial charge on any atom is 0.268 e. The maximum absolute atomic E-state index is 13.4. The lowest BCUT2D eigenvalue weighted by Crippen LogP contribution is -2.33. The summed E-state index contributed by atoms with van der Waals surface area (Å²) in [5, 5.41) is 9.51. The Morgan fingerprint density at radius 2 is 2.03 bits per heavy atom. The molecular weight excluding hydrogens is 389 g/mol. The minimum atomic E-state index is -0.855. The fourth-order valence-corrected chi connectivity index (χ4v) is 3.47. The van der Waals surface area contributed by atoms with Crippen LogP contribution in [0.15, 0.2) is 53.7 Å². The zero-order valence-electron chi connectivity index (χ0n) is 16.3. The summed E-state index contributed by atoms with van der Waals surface area (Å²) in [4.78, 5) is 30.5. The molecule has 1 fully saturated rings. The first-order valence-electron chi connectivity index (χ1n) is 9.88. The lowest BCUT2D eigenvalue weighted by atomic mass is 10.0. The summed E-state index contributed by atoms with van der Waals surface area (Å²) in [6, 6.07) is 12.7. The van der Waals surface area contributed by atoms with Crippen molar-refractivity contribution in [3.05, 3.63) is 65.5 Å². The normalized spacial score (nSPS) is 20.4. The van der Waals surface area contributed by atoms with Crippen LogP contribution >= 0.6 is 0 Å². The number of nitrogens with zero attached hydrogens (tertiary/aromatic N) is 1. The van der Waals surface area contributed by atoms with E-state index in [1.165, 1.54) is 12.1 Å². The number of nitrogens with one attached hydrogen (secondary N) is 2. The van der Waals surface area contributed by atoms with E-state index in [1.54, 1.807) is 36.4 Å². The fourth-order valence-electron chi connectivity index (χ4n) is 3.47. The molecule has 2 aromatic carbocycles. The first-order chi connectivity index (χ1) is 14.6. The number of halogens is 1. The lowest BCUT2D eigenvalue weighted by Gasteiger charge is -2.15. The Hall–Kier alpha value is -3.26. The van der Waals surface area contributed by atoms with Crippen LogP contribution in [-0.2, 0) is 14.4 Å². The molecule has 0 bridgehead atoms. The topological polar surface area (TPSA) is 89.0 Å². The lowest BCUT2D eigenvalue weighted by molar-refractivity contribution is -0.125. The second-order valence-electron chi connectivity index (χ2n) is 7.23. The first-order valence-corrected chi connectivity index (χ1v) is 9.88. The highest BCUT2D eigenvalue weighted by molar-refractivity contribution is 6.08. The van der Waals surface area contributed by atoms with Crippen molar-refractivity contribution in [2.75, 3.05) is 18.5 Å². The molecule has 7 nitrogen and oxygen atoms in total. The summed E-state index contributed by atoms with van der Waals surface area (Å²) in [6.07, 6.45) is 1.30. The van der Waals surface area contributed by atoms with Gasteiger partial charge in [-0.2, -0.15) is 0 Å². The molecule has 2 atom stereocenters. The van der Waals surface area contributed by atoms with Gasteiger partial charge in [0.2, 0.25) is 6.10 Å². The van der Waals surface area contributed by atoms with Crippen molar-refractivity contribution in [3.63, 3.8) is 0 Å². The highest BCUT2D eigenvalue weighted by atomic mass is 19.1. The molecule has 2 amide bonds. The van der Waals surface area contributed by atoms with Crippen LogP contribution in [0.4, 0.5) is 10.1 Å². The van der Waals surface area contributed by atoms with Crippen LogP contribution in [0, 0.1) is 5.82 Å². The number of hydrogen-bond donors (Lipinski definition) is 2. The van der Waals surface area contributed by atoms with Crippen molar-refractivity contribution in [1.82, 2.24) is 5.32 Å². The van der Waals surface area contributed by atoms with E-state index in [0.717, 1.165) is 12.8 Å². The molecule has 2 aliphatic heterocycles. The number of benzene rings is 2. The van der Waals surface area contributed by atoms with E-state index in [0.29, 0.717) is 35.7 Å². The van der Waals surface area contributed by atoms with Gasteiger partial charge in [-0.25, -0.2) is 4.39 Å². The predicted octanol–water partition coefficient (Wildman–Crippen LogP) is 2.87. The summed E-state index contributed by atoms with van der Waals surface area (Å²) in [5.74, 6) is -1.10. The van der Waals surface area contributed by atoms with Gasteiger partial charge in [-0.15, -0.1) is 0 Å². The average molecular weight is 411 g/mol. The van der Waals surface area contributed by atoms with Crippen LogP contribution in [0.25, 0.3) is 0 Å². The summed E-state index contributed by atoms with van der Waals surface area (Å²) < 4.78 is 18.9. The Labute approximate surface area is 173 Å². The fraction of sp³-hybridized carbons (Fsp3) is 0.318. The molecule has 0 radical (unpaired) electrons. The van der Waals surface area contributed by atoms with Crippen molar-refractivity contribution >= 4 is 23.2 Å². The number of hydrogen-bond acceptors (Lipinski definition) is 5. The van der Waals surface area contributed by atoms with Crippen LogP contribution in [0.2, 0.25) is 0 Å². The monoisotopic (exact) mass is 411 g/mol. The number of carbonyl (C=O) groups excluding carboxylic acids is 2. The molecule has 30 heavy (non-hydrogen) atoms. The number of ether oxygens (including phenoxy) is 1. The molecule has 0 aromatic heterocycles. The number of rotatable bonds is 6. The van der Waals surface area contributed by atoms with Crippen molar-refractivity contribution in [2.24, 2.45) is 5.16 Å². The van der Waals surface area contributed by atoms with Crippen molar-refractivity contribution in [3.8, 4) is 0 Å². The van der Waals surface area contributed by atoms with Gasteiger partial charge in [-0.05, 0) is 37.1 Å².